The number of anilines is 3. The summed E-state index contributed by atoms with van der Waals surface area (Å²) in [6.07, 6.45) is -11.9. The number of piperidine rings is 2. The third-order valence-electron chi connectivity index (χ3n) is 25.0. The van der Waals surface area contributed by atoms with Crippen LogP contribution in [0.15, 0.2) is 133 Å². The number of nitrogen functional groups attached to an aromatic ring is 3. The summed E-state index contributed by atoms with van der Waals surface area (Å²) >= 11 is 31.1. The average molecular weight is 2150 g/mol. The lowest BCUT2D eigenvalue weighted by atomic mass is 10.1. The molecule has 50 heteroatoms. The van der Waals surface area contributed by atoms with Crippen LogP contribution in [-0.4, -0.2) is 282 Å². The summed E-state index contributed by atoms with van der Waals surface area (Å²) in [5, 5.41) is 48.9. The van der Waals surface area contributed by atoms with Crippen LogP contribution in [0.3, 0.4) is 0 Å². The molecule has 10 heterocycles. The van der Waals surface area contributed by atoms with Crippen molar-refractivity contribution in [3.8, 4) is 0 Å². The van der Waals surface area contributed by atoms with Crippen molar-refractivity contribution in [1.82, 2.24) is 100.0 Å². The number of aliphatic hydroxyl groups is 2. The molecule has 5 aliphatic heterocycles. The number of rotatable bonds is 30. The molecule has 2 unspecified atom stereocenters. The number of carbonyl (C=O) groups is 5. The van der Waals surface area contributed by atoms with Gasteiger partial charge < -0.3 is 66.6 Å². The van der Waals surface area contributed by atoms with E-state index in [-0.39, 0.29) is 79.9 Å². The first kappa shape index (κ1) is 114. The number of nitrogens with two attached hydrogens (primary N) is 3. The monoisotopic (exact) mass is 2150 g/mol. The summed E-state index contributed by atoms with van der Waals surface area (Å²) in [5.41, 5.74) is 15.6. The van der Waals surface area contributed by atoms with Gasteiger partial charge in [0.1, 0.15) is 28.5 Å². The van der Waals surface area contributed by atoms with Crippen LogP contribution in [-0.2, 0) is 63.6 Å². The molecule has 5 aromatic heterocycles. The maximum atomic E-state index is 13.0. The zero-order valence-electron chi connectivity index (χ0n) is 78.8. The third kappa shape index (κ3) is 34.0. The van der Waals surface area contributed by atoms with E-state index in [1.807, 2.05) is 37.3 Å². The first-order valence-electron chi connectivity index (χ1n) is 46.8. The van der Waals surface area contributed by atoms with Gasteiger partial charge in [-0.05, 0) is 177 Å². The quantitative estimate of drug-likeness (QED) is 0.0148. The van der Waals surface area contributed by atoms with Crippen molar-refractivity contribution in [2.24, 2.45) is 0 Å². The summed E-state index contributed by atoms with van der Waals surface area (Å²) in [7, 11) is 0. The molecule has 5 aromatic carbocycles. The Morgan fingerprint density at radius 2 is 0.614 bits per heavy atom. The lowest BCUT2D eigenvalue weighted by molar-refractivity contribution is -0.142. The van der Waals surface area contributed by atoms with Gasteiger partial charge >= 0.3 is 30.9 Å². The number of carbonyl (C=O) groups excluding carboxylic acids is 5. The molecule has 790 valence electrons. The number of aromatic amines is 5. The molecule has 13 N–H and O–H groups in total. The van der Waals surface area contributed by atoms with Crippen molar-refractivity contribution in [2.75, 3.05) is 142 Å². The minimum atomic E-state index is -4.61. The van der Waals surface area contributed by atoms with Gasteiger partial charge in [-0.25, -0.2) is 0 Å². The number of halogens is 20. The summed E-state index contributed by atoms with van der Waals surface area (Å²) in [4.78, 5) is 82.9. The topological polar surface area (TPSA) is 380 Å². The number of β-amino-alcohol motifs (C(OH)–C–C–N with tert-alkyl or cyclic N) is 1. The SMILES string of the molecule is CC(CN(Cc1c(N)cccc1Cl)C(=O)c1cc(C(F)(F)F)[nH]n1)N1CCCC1.Nc1cccc(Cl)c1CN(CCN1CCCC1)C(=O)c1cc(C(F)(F)F)[nH]n1.Nc1cccc(Cl)c1CN(CCN1CCCCCC1)C(=O)c1cc(C(F)(F)F)[nH]n1.O=C(c1cc(C(F)(F)F)[nH]n1)N(CCN1CCC(O)CC1)Cc1ccccc1Cl.O=C(c1cc(C(F)(F)F)[nH]n1)N(CCN1CCCC(O)C1)Cc1ccccc1Cl. The van der Waals surface area contributed by atoms with Crippen LogP contribution >= 0.6 is 58.0 Å². The Hall–Kier alpha value is -11.0. The molecule has 5 fully saturated rings. The van der Waals surface area contributed by atoms with Gasteiger partial charge in [0, 0.05) is 207 Å². The number of alkyl halides is 15. The van der Waals surface area contributed by atoms with E-state index in [4.69, 9.17) is 75.2 Å². The number of hydrogen-bond donors (Lipinski definition) is 10. The molecule has 0 radical (unpaired) electrons. The zero-order chi connectivity index (χ0) is 105. The van der Waals surface area contributed by atoms with Gasteiger partial charge in [0.15, 0.2) is 28.5 Å². The second kappa shape index (κ2) is 52.6. The average Bonchev–Trinajstić information content (AvgIpc) is 1.75. The van der Waals surface area contributed by atoms with E-state index in [1.54, 1.807) is 103 Å². The number of aliphatic hydroxyl groups excluding tert-OH is 2. The molecule has 0 spiro atoms. The number of nitrogens with zero attached hydrogens (tertiary/aromatic N) is 15. The fraction of sp³-hybridized carbons (Fsp3) is 0.474. The predicted molar refractivity (Wildman–Crippen MR) is 516 cm³/mol. The molecule has 10 aromatic rings. The summed E-state index contributed by atoms with van der Waals surface area (Å²) in [6, 6.07) is 32.8. The van der Waals surface area contributed by atoms with Gasteiger partial charge in [-0.2, -0.15) is 91.3 Å². The fourth-order valence-electron chi connectivity index (χ4n) is 16.8. The van der Waals surface area contributed by atoms with Crippen LogP contribution in [0.4, 0.5) is 82.9 Å². The van der Waals surface area contributed by atoms with Gasteiger partial charge in [0.05, 0.1) is 12.2 Å². The number of hydrogen-bond acceptors (Lipinski definition) is 20. The smallest absolute Gasteiger partial charge is 0.398 e. The molecule has 15 rings (SSSR count). The van der Waals surface area contributed by atoms with E-state index in [1.165, 1.54) is 37.3 Å². The highest BCUT2D eigenvalue weighted by Gasteiger charge is 2.41. The number of nitrogens with one attached hydrogen (secondary N) is 5. The molecular formula is C95H113Cl5F15N23O7. The molecular weight excluding hydrogens is 2040 g/mol. The highest BCUT2D eigenvalue weighted by atomic mass is 35.5. The molecule has 145 heavy (non-hydrogen) atoms. The van der Waals surface area contributed by atoms with Gasteiger partial charge in [-0.1, -0.05) is 125 Å². The summed E-state index contributed by atoms with van der Waals surface area (Å²) in [6.45, 7) is 14.7. The Kier molecular flexibility index (Phi) is 41.4. The van der Waals surface area contributed by atoms with Crippen molar-refractivity contribution >= 4 is 105 Å². The van der Waals surface area contributed by atoms with Crippen LogP contribution in [0.25, 0.3) is 0 Å². The van der Waals surface area contributed by atoms with Gasteiger partial charge in [0.25, 0.3) is 29.5 Å². The number of amides is 5. The second-order valence-corrected chi connectivity index (χ2v) is 37.6. The Morgan fingerprint density at radius 3 is 0.917 bits per heavy atom. The van der Waals surface area contributed by atoms with Crippen LogP contribution in [0.2, 0.25) is 25.1 Å². The van der Waals surface area contributed by atoms with Crippen molar-refractivity contribution in [1.29, 1.82) is 0 Å². The summed E-state index contributed by atoms with van der Waals surface area (Å²) in [5.74, 6) is -3.04. The fourth-order valence-corrected chi connectivity index (χ4v) is 17.9. The normalized spacial score (nSPS) is 16.3. The van der Waals surface area contributed by atoms with Crippen LogP contribution in [0, 0.1) is 0 Å². The number of H-pyrrole nitrogens is 5. The third-order valence-corrected chi connectivity index (χ3v) is 26.8. The first-order valence-corrected chi connectivity index (χ1v) is 48.7. The molecule has 2 atom stereocenters. The Morgan fingerprint density at radius 1 is 0.345 bits per heavy atom. The maximum absolute atomic E-state index is 13.0. The molecule has 0 aliphatic carbocycles. The first-order chi connectivity index (χ1) is 68.6. The van der Waals surface area contributed by atoms with Crippen LogP contribution < -0.4 is 17.2 Å². The van der Waals surface area contributed by atoms with E-state index in [9.17, 15) is 100 Å². The molecule has 5 aliphatic rings. The van der Waals surface area contributed by atoms with Gasteiger partial charge in [0.2, 0.25) is 0 Å². The molecule has 0 saturated carbocycles. The highest BCUT2D eigenvalue weighted by molar-refractivity contribution is 6.33. The largest absolute Gasteiger partial charge is 0.432 e. The lowest BCUT2D eigenvalue weighted by Crippen LogP contribution is -2.43. The highest BCUT2D eigenvalue weighted by Crippen LogP contribution is 2.37. The Balaban J connectivity index is 0.000000173. The van der Waals surface area contributed by atoms with Crippen molar-refractivity contribution in [3.63, 3.8) is 0 Å². The standard InChI is InChI=1S/C20H25ClF3N5O.C19H23ClF3N5O.2C19H22ClF3N4O2.C18H21ClF3N5O/c21-15-6-5-7-16(25)14(15)13-29(11-10-28-8-3-1-2-4-9-28)19(30)17-12-18(27-26-17)20(22,23)24;1-12(27-7-2-3-8-27)10-28(11-13-14(20)5-4-6-15(13)24)18(29)16-9-17(26-25-16)19(21,22)23;20-15-6-2-1-4-13(15)11-27(9-8-26-7-3-5-14(28)12-26)18(29)16-10-17(25-24-16)19(21,22)23;20-15-4-2-1-3-13(15)12-27(10-9-26-7-5-14(28)6-8-26)18(29)16-11-17(25-24-16)19(21,22)23;19-13-4-3-5-14(23)12(13)11-27(9-8-26-6-1-2-7-26)17(28)15-10-16(25-24-15)18(20,21)22/h5-7,12H,1-4,8-11,13,25H2,(H,26,27);4-6,9,12H,2-3,7-8,10-11,24H2,1H3,(H,25,26);1-2,4,6,10,14,28H,3,5,7-9,11-12H2,(H,24,25);1-4,11,14,28H,5-10,12H2,(H,24,25);3-5,10H,1-2,6-9,11,23H2,(H,24,25). The van der Waals surface area contributed by atoms with E-state index in [2.05, 4.69) is 45.1 Å². The number of aromatic nitrogens is 10. The maximum Gasteiger partial charge on any atom is 0.432 e. The predicted octanol–water partition coefficient (Wildman–Crippen LogP) is 17.7. The van der Waals surface area contributed by atoms with Crippen molar-refractivity contribution in [2.45, 2.75) is 166 Å². The Bertz CT molecular complexity index is 5790. The number of benzene rings is 5. The van der Waals surface area contributed by atoms with Crippen LogP contribution in [0.5, 0.6) is 0 Å². The van der Waals surface area contributed by atoms with Gasteiger partial charge in [-0.15, -0.1) is 0 Å². The van der Waals surface area contributed by atoms with E-state index < -0.39 is 95.0 Å². The van der Waals surface area contributed by atoms with Gasteiger partial charge in [-0.3, -0.25) is 59.3 Å². The summed E-state index contributed by atoms with van der Waals surface area (Å²) < 4.78 is 193. The minimum Gasteiger partial charge on any atom is -0.398 e. The molecule has 0 bridgehead atoms. The molecule has 5 saturated heterocycles. The lowest BCUT2D eigenvalue weighted by Gasteiger charge is -2.32. The molecule has 5 amide bonds. The zero-order valence-corrected chi connectivity index (χ0v) is 82.6. The van der Waals surface area contributed by atoms with E-state index >= 15 is 0 Å². The molecule has 30 nitrogen and oxygen atoms in total. The Labute approximate surface area is 850 Å². The second-order valence-electron chi connectivity index (χ2n) is 35.6. The van der Waals surface area contributed by atoms with Crippen molar-refractivity contribution in [3.05, 3.63) is 243 Å². The van der Waals surface area contributed by atoms with E-state index in [0.29, 0.717) is 161 Å². The van der Waals surface area contributed by atoms with Crippen LogP contribution in [0.1, 0.15) is 193 Å². The minimum absolute atomic E-state index is 0.0335. The van der Waals surface area contributed by atoms with E-state index in [0.717, 1.165) is 121 Å². The number of likely N-dealkylation sites (tertiary alicyclic amines) is 5. The van der Waals surface area contributed by atoms with Crippen molar-refractivity contribution < 1.29 is 100 Å².